The molecule has 1 amide bonds. The molecule has 0 unspecified atom stereocenters. The van der Waals surface area contributed by atoms with Gasteiger partial charge in [-0.1, -0.05) is 23.7 Å². The Hall–Kier alpha value is -2.17. The first-order chi connectivity index (χ1) is 12.6. The van der Waals surface area contributed by atoms with E-state index in [1.807, 2.05) is 18.2 Å². The lowest BCUT2D eigenvalue weighted by Gasteiger charge is -2.18. The summed E-state index contributed by atoms with van der Waals surface area (Å²) in [5.74, 6) is -0.0751. The van der Waals surface area contributed by atoms with Gasteiger partial charge in [0.1, 0.15) is 19.2 Å². The quantitative estimate of drug-likeness (QED) is 0.634. The van der Waals surface area contributed by atoms with E-state index in [2.05, 4.69) is 28.2 Å². The molecule has 0 saturated heterocycles. The lowest BCUT2D eigenvalue weighted by atomic mass is 10.2. The van der Waals surface area contributed by atoms with Gasteiger partial charge in [-0.15, -0.1) is 22.7 Å². The molecule has 4 nitrogen and oxygen atoms in total. The van der Waals surface area contributed by atoms with Crippen LogP contribution in [0.2, 0.25) is 5.02 Å². The summed E-state index contributed by atoms with van der Waals surface area (Å²) in [6.07, 6.45) is 0. The van der Waals surface area contributed by atoms with Crippen molar-refractivity contribution in [3.63, 3.8) is 0 Å². The van der Waals surface area contributed by atoms with E-state index in [0.717, 1.165) is 13.1 Å². The minimum Gasteiger partial charge on any atom is -0.321 e. The largest absolute Gasteiger partial charge is 0.321 e. The average Bonchev–Trinajstić information content (AvgIpc) is 3.29. The van der Waals surface area contributed by atoms with Gasteiger partial charge >= 0.3 is 0 Å². The van der Waals surface area contributed by atoms with Crippen LogP contribution in [-0.4, -0.2) is 12.5 Å². The third-order valence-electron chi connectivity index (χ3n) is 3.79. The lowest BCUT2D eigenvalue weighted by molar-refractivity contribution is -0.918. The maximum atomic E-state index is 12.5. The van der Waals surface area contributed by atoms with Gasteiger partial charge < -0.3 is 10.2 Å². The van der Waals surface area contributed by atoms with E-state index < -0.39 is 0 Å². The van der Waals surface area contributed by atoms with E-state index in [9.17, 15) is 4.79 Å². The molecule has 2 aromatic heterocycles. The number of nitrogens with one attached hydrogen (secondary N) is 2. The molecule has 0 bridgehead atoms. The van der Waals surface area contributed by atoms with Gasteiger partial charge in [0.25, 0.3) is 5.91 Å². The number of hydrogen-bond donors (Lipinski definition) is 2. The highest BCUT2D eigenvalue weighted by atomic mass is 35.5. The number of amides is 1. The molecule has 1 aromatic carbocycles. The normalized spacial score (nSPS) is 10.7. The van der Waals surface area contributed by atoms with E-state index in [1.54, 1.807) is 40.9 Å². The summed E-state index contributed by atoms with van der Waals surface area (Å²) in [4.78, 5) is 16.2. The number of halogens is 1. The number of anilines is 1. The molecule has 0 fully saturated rings. The molecule has 132 valence electrons. The Balaban J connectivity index is 1.66. The number of thiophene rings is 2. The van der Waals surface area contributed by atoms with Crippen LogP contribution in [0.4, 0.5) is 5.69 Å². The molecule has 0 atom stereocenters. The molecule has 7 heteroatoms. The standard InChI is InChI=1S/C19H16ClN3OS2/c20-18-9-15(6-5-14(18)10-21)22-19(24)13-23(11-16-3-1-7-25-16)12-17-4-2-8-26-17/h1-9H,11-13H2,(H,22,24)/p+1. The number of quaternary nitrogens is 1. The van der Waals surface area contributed by atoms with E-state index in [-0.39, 0.29) is 5.91 Å². The first kappa shape index (κ1) is 18.6. The summed E-state index contributed by atoms with van der Waals surface area (Å²) in [6.45, 7) is 1.96. The first-order valence-electron chi connectivity index (χ1n) is 8.02. The third-order valence-corrected chi connectivity index (χ3v) is 5.86. The molecule has 0 spiro atoms. The molecule has 3 aromatic rings. The minimum absolute atomic E-state index is 0.0751. The summed E-state index contributed by atoms with van der Waals surface area (Å²) in [6, 6.07) is 15.2. The molecule has 0 aliphatic carbocycles. The Morgan fingerprint density at radius 3 is 2.27 bits per heavy atom. The van der Waals surface area contributed by atoms with Crippen molar-refractivity contribution in [3.05, 3.63) is 73.6 Å². The molecule has 26 heavy (non-hydrogen) atoms. The number of carbonyl (C=O) groups is 1. The summed E-state index contributed by atoms with van der Waals surface area (Å²) in [5.41, 5.74) is 0.998. The van der Waals surface area contributed by atoms with E-state index in [0.29, 0.717) is 22.8 Å². The second-order valence-electron chi connectivity index (χ2n) is 5.79. The molecular formula is C19H17ClN3OS2+. The number of hydrogen-bond acceptors (Lipinski definition) is 4. The SMILES string of the molecule is N#Cc1ccc(NC(=O)C[NH+](Cc2cccs2)Cc2cccs2)cc1Cl. The van der Waals surface area contributed by atoms with Crippen molar-refractivity contribution in [2.75, 3.05) is 11.9 Å². The molecule has 2 N–H and O–H groups in total. The van der Waals surface area contributed by atoms with Gasteiger partial charge in [0, 0.05) is 5.69 Å². The molecule has 2 heterocycles. The number of carbonyl (C=O) groups excluding carboxylic acids is 1. The summed E-state index contributed by atoms with van der Waals surface area (Å²) >= 11 is 9.44. The Labute approximate surface area is 165 Å². The summed E-state index contributed by atoms with van der Waals surface area (Å²) < 4.78 is 0. The minimum atomic E-state index is -0.0751. The summed E-state index contributed by atoms with van der Waals surface area (Å²) in [7, 11) is 0. The van der Waals surface area contributed by atoms with Crippen LogP contribution in [0.5, 0.6) is 0 Å². The van der Waals surface area contributed by atoms with Crippen LogP contribution in [0.25, 0.3) is 0 Å². The van der Waals surface area contributed by atoms with Gasteiger partial charge in [-0.3, -0.25) is 4.79 Å². The molecule has 0 aliphatic heterocycles. The number of nitrogens with zero attached hydrogens (tertiary/aromatic N) is 1. The van der Waals surface area contributed by atoms with Gasteiger partial charge in [-0.2, -0.15) is 5.26 Å². The zero-order chi connectivity index (χ0) is 18.4. The Morgan fingerprint density at radius 2 is 1.77 bits per heavy atom. The Kier molecular flexibility index (Phi) is 6.42. The first-order valence-corrected chi connectivity index (χ1v) is 10.2. The van der Waals surface area contributed by atoms with Gasteiger partial charge in [0.2, 0.25) is 0 Å². The van der Waals surface area contributed by atoms with Crippen LogP contribution in [0, 0.1) is 11.3 Å². The van der Waals surface area contributed by atoms with Crippen LogP contribution >= 0.6 is 34.3 Å². The topological polar surface area (TPSA) is 57.3 Å². The monoisotopic (exact) mass is 402 g/mol. The molecular weight excluding hydrogens is 386 g/mol. The van der Waals surface area contributed by atoms with E-state index in [1.165, 1.54) is 14.7 Å². The van der Waals surface area contributed by atoms with Gasteiger partial charge in [0.15, 0.2) is 6.54 Å². The summed E-state index contributed by atoms with van der Waals surface area (Å²) in [5, 5.41) is 16.3. The van der Waals surface area contributed by atoms with Crippen LogP contribution < -0.4 is 10.2 Å². The van der Waals surface area contributed by atoms with Crippen LogP contribution in [-0.2, 0) is 17.9 Å². The van der Waals surface area contributed by atoms with Gasteiger partial charge in [0.05, 0.1) is 20.3 Å². The second-order valence-corrected chi connectivity index (χ2v) is 8.27. The molecule has 0 aliphatic rings. The highest BCUT2D eigenvalue weighted by Crippen LogP contribution is 2.20. The molecule has 3 rings (SSSR count). The maximum Gasteiger partial charge on any atom is 0.279 e. The van der Waals surface area contributed by atoms with Crippen molar-refractivity contribution in [1.82, 2.24) is 0 Å². The highest BCUT2D eigenvalue weighted by Gasteiger charge is 2.17. The van der Waals surface area contributed by atoms with Crippen LogP contribution in [0.15, 0.2) is 53.2 Å². The number of rotatable bonds is 7. The van der Waals surface area contributed by atoms with Crippen molar-refractivity contribution in [3.8, 4) is 6.07 Å². The Morgan fingerprint density at radius 1 is 1.12 bits per heavy atom. The van der Waals surface area contributed by atoms with Crippen molar-refractivity contribution in [2.24, 2.45) is 0 Å². The molecule has 0 saturated carbocycles. The van der Waals surface area contributed by atoms with Crippen molar-refractivity contribution < 1.29 is 9.69 Å². The fourth-order valence-corrected chi connectivity index (χ4v) is 4.40. The Bertz CT molecular complexity index is 865. The molecule has 0 radical (unpaired) electrons. The zero-order valence-electron chi connectivity index (χ0n) is 13.9. The van der Waals surface area contributed by atoms with Gasteiger partial charge in [-0.05, 0) is 41.1 Å². The fourth-order valence-electron chi connectivity index (χ4n) is 2.62. The van der Waals surface area contributed by atoms with Crippen molar-refractivity contribution >= 4 is 45.9 Å². The number of benzene rings is 1. The second kappa shape index (κ2) is 8.97. The third kappa shape index (κ3) is 5.16. The van der Waals surface area contributed by atoms with E-state index in [4.69, 9.17) is 16.9 Å². The highest BCUT2D eigenvalue weighted by molar-refractivity contribution is 7.10. The van der Waals surface area contributed by atoms with Crippen LogP contribution in [0.1, 0.15) is 15.3 Å². The smallest absolute Gasteiger partial charge is 0.279 e. The zero-order valence-corrected chi connectivity index (χ0v) is 16.3. The van der Waals surface area contributed by atoms with Crippen molar-refractivity contribution in [2.45, 2.75) is 13.1 Å². The average molecular weight is 403 g/mol. The van der Waals surface area contributed by atoms with Gasteiger partial charge in [-0.25, -0.2) is 0 Å². The van der Waals surface area contributed by atoms with Crippen molar-refractivity contribution in [1.29, 1.82) is 5.26 Å². The predicted octanol–water partition coefficient (Wildman–Crippen LogP) is 3.56. The van der Waals surface area contributed by atoms with E-state index >= 15 is 0 Å². The fraction of sp³-hybridized carbons (Fsp3) is 0.158. The maximum absolute atomic E-state index is 12.5. The lowest BCUT2D eigenvalue weighted by Crippen LogP contribution is -3.10. The van der Waals surface area contributed by atoms with Crippen LogP contribution in [0.3, 0.4) is 0 Å². The predicted molar refractivity (Wildman–Crippen MR) is 107 cm³/mol. The number of nitriles is 1.